The van der Waals surface area contributed by atoms with Gasteiger partial charge in [0.25, 0.3) is 0 Å². The number of alkyl halides is 3. The molecule has 1 heterocycles. The van der Waals surface area contributed by atoms with Gasteiger partial charge in [-0.3, -0.25) is 0 Å². The molecule has 0 amide bonds. The molecule has 1 unspecified atom stereocenters. The monoisotopic (exact) mass is 277 g/mol. The first kappa shape index (κ1) is 13.9. The third-order valence-corrected chi connectivity index (χ3v) is 4.33. The highest BCUT2D eigenvalue weighted by molar-refractivity contribution is 7.10. The molecule has 1 aromatic rings. The van der Waals surface area contributed by atoms with E-state index in [1.807, 2.05) is 0 Å². The zero-order chi connectivity index (χ0) is 13.0. The predicted octanol–water partition coefficient (Wildman–Crippen LogP) is 4.45. The van der Waals surface area contributed by atoms with Crippen LogP contribution in [-0.2, 0) is 6.42 Å². The minimum atomic E-state index is -4.01. The van der Waals surface area contributed by atoms with Gasteiger partial charge in [-0.05, 0) is 55.7 Å². The van der Waals surface area contributed by atoms with Gasteiger partial charge in [0.05, 0.1) is 0 Å². The van der Waals surface area contributed by atoms with Crippen LogP contribution in [0.25, 0.3) is 0 Å². The van der Waals surface area contributed by atoms with Crippen LogP contribution in [-0.4, -0.2) is 12.7 Å². The van der Waals surface area contributed by atoms with Gasteiger partial charge in [-0.2, -0.15) is 13.2 Å². The van der Waals surface area contributed by atoms with Crippen molar-refractivity contribution in [1.29, 1.82) is 0 Å². The van der Waals surface area contributed by atoms with Gasteiger partial charge in [-0.25, -0.2) is 0 Å². The Hall–Kier alpha value is -0.550. The van der Waals surface area contributed by atoms with E-state index in [1.165, 1.54) is 16.9 Å². The maximum Gasteiger partial charge on any atom is 0.389 e. The van der Waals surface area contributed by atoms with E-state index in [4.69, 9.17) is 0 Å². The van der Waals surface area contributed by atoms with Crippen LogP contribution in [0.2, 0.25) is 0 Å². The van der Waals surface area contributed by atoms with Gasteiger partial charge >= 0.3 is 6.18 Å². The molecule has 0 saturated carbocycles. The van der Waals surface area contributed by atoms with Crippen LogP contribution >= 0.6 is 11.3 Å². The lowest BCUT2D eigenvalue weighted by molar-refractivity contribution is -0.135. The highest BCUT2D eigenvalue weighted by atomic mass is 32.1. The van der Waals surface area contributed by atoms with Gasteiger partial charge < -0.3 is 5.32 Å². The highest BCUT2D eigenvalue weighted by Crippen LogP contribution is 2.33. The molecule has 1 aliphatic rings. The number of unbranched alkanes of at least 4 members (excludes halogenated alkanes) is 1. The highest BCUT2D eigenvalue weighted by Gasteiger charge is 2.26. The maximum absolute atomic E-state index is 12.0. The minimum Gasteiger partial charge on any atom is -0.310 e. The molecule has 0 radical (unpaired) electrons. The summed E-state index contributed by atoms with van der Waals surface area (Å²) in [6.07, 6.45) is -0.431. The van der Waals surface area contributed by atoms with Crippen molar-refractivity contribution in [3.63, 3.8) is 0 Å². The smallest absolute Gasteiger partial charge is 0.310 e. The summed E-state index contributed by atoms with van der Waals surface area (Å²) in [6.45, 7) is 0.677. The summed E-state index contributed by atoms with van der Waals surface area (Å²) in [7, 11) is 0. The van der Waals surface area contributed by atoms with Crippen molar-refractivity contribution in [2.45, 2.75) is 50.7 Å². The lowest BCUT2D eigenvalue weighted by Gasteiger charge is -2.23. The molecular weight excluding hydrogens is 259 g/mol. The van der Waals surface area contributed by atoms with Crippen LogP contribution in [0.15, 0.2) is 11.4 Å². The normalized spacial score (nSPS) is 19.8. The minimum absolute atomic E-state index is 0.222. The number of fused-ring (bicyclic) bond motifs is 1. The summed E-state index contributed by atoms with van der Waals surface area (Å²) < 4.78 is 35.9. The second kappa shape index (κ2) is 6.06. The summed E-state index contributed by atoms with van der Waals surface area (Å²) in [5, 5.41) is 5.49. The van der Waals surface area contributed by atoms with Crippen LogP contribution in [0, 0.1) is 0 Å². The predicted molar refractivity (Wildman–Crippen MR) is 67.9 cm³/mol. The molecule has 2 rings (SSSR count). The Morgan fingerprint density at radius 3 is 2.94 bits per heavy atom. The van der Waals surface area contributed by atoms with E-state index in [9.17, 15) is 13.2 Å². The van der Waals surface area contributed by atoms with Gasteiger partial charge in [0.15, 0.2) is 0 Å². The molecule has 5 heteroatoms. The molecule has 0 aliphatic heterocycles. The van der Waals surface area contributed by atoms with Crippen LogP contribution < -0.4 is 5.32 Å². The summed E-state index contributed by atoms with van der Waals surface area (Å²) in [5.74, 6) is 0. The molecule has 0 fully saturated rings. The Bertz CT molecular complexity index is 373. The summed E-state index contributed by atoms with van der Waals surface area (Å²) in [4.78, 5) is 1.44. The molecule has 0 spiro atoms. The Kier molecular flexibility index (Phi) is 4.67. The third-order valence-electron chi connectivity index (χ3n) is 3.33. The van der Waals surface area contributed by atoms with Crippen molar-refractivity contribution in [2.75, 3.05) is 6.54 Å². The fourth-order valence-corrected chi connectivity index (χ4v) is 3.41. The quantitative estimate of drug-likeness (QED) is 0.784. The van der Waals surface area contributed by atoms with Gasteiger partial charge in [-0.1, -0.05) is 0 Å². The Morgan fingerprint density at radius 2 is 2.17 bits per heavy atom. The van der Waals surface area contributed by atoms with E-state index in [1.54, 1.807) is 11.3 Å². The standard InChI is InChI=1S/C13H18F3NS/c14-13(15,16)7-1-2-8-17-11-4-3-5-12-10(11)6-9-18-12/h6,9,11,17H,1-5,7-8H2. The topological polar surface area (TPSA) is 12.0 Å². The molecule has 1 aliphatic carbocycles. The molecule has 18 heavy (non-hydrogen) atoms. The lowest BCUT2D eigenvalue weighted by atomic mass is 9.94. The van der Waals surface area contributed by atoms with Gasteiger partial charge in [0.1, 0.15) is 0 Å². The van der Waals surface area contributed by atoms with E-state index in [0.29, 0.717) is 19.0 Å². The average molecular weight is 277 g/mol. The van der Waals surface area contributed by atoms with Crippen LogP contribution in [0.1, 0.15) is 48.6 Å². The van der Waals surface area contributed by atoms with E-state index in [-0.39, 0.29) is 6.42 Å². The number of hydrogen-bond acceptors (Lipinski definition) is 2. The number of hydrogen-bond donors (Lipinski definition) is 1. The number of thiophene rings is 1. The molecule has 0 bridgehead atoms. The molecule has 0 aromatic carbocycles. The summed E-state index contributed by atoms with van der Waals surface area (Å²) in [5.41, 5.74) is 1.36. The zero-order valence-corrected chi connectivity index (χ0v) is 11.0. The van der Waals surface area contributed by atoms with Crippen molar-refractivity contribution < 1.29 is 13.2 Å². The van der Waals surface area contributed by atoms with Crippen LogP contribution in [0.4, 0.5) is 13.2 Å². The summed E-state index contributed by atoms with van der Waals surface area (Å²) in [6, 6.07) is 2.50. The molecule has 1 aromatic heterocycles. The van der Waals surface area contributed by atoms with Crippen molar-refractivity contribution >= 4 is 11.3 Å². The molecule has 1 N–H and O–H groups in total. The number of nitrogens with one attached hydrogen (secondary N) is 1. The largest absolute Gasteiger partial charge is 0.389 e. The first-order valence-corrected chi connectivity index (χ1v) is 7.30. The average Bonchev–Trinajstić information content (AvgIpc) is 2.75. The fourth-order valence-electron chi connectivity index (χ4n) is 2.43. The van der Waals surface area contributed by atoms with Crippen molar-refractivity contribution in [3.05, 3.63) is 21.9 Å². The summed E-state index contributed by atoms with van der Waals surface area (Å²) >= 11 is 1.79. The Labute approximate surface area is 109 Å². The van der Waals surface area contributed by atoms with E-state index < -0.39 is 12.6 Å². The van der Waals surface area contributed by atoms with Crippen molar-refractivity contribution in [2.24, 2.45) is 0 Å². The van der Waals surface area contributed by atoms with Gasteiger partial charge in [0.2, 0.25) is 0 Å². The molecule has 102 valence electrons. The van der Waals surface area contributed by atoms with Crippen LogP contribution in [0.3, 0.4) is 0 Å². The number of halogens is 3. The van der Waals surface area contributed by atoms with Gasteiger partial charge in [0, 0.05) is 17.3 Å². The lowest BCUT2D eigenvalue weighted by Crippen LogP contribution is -2.25. The Morgan fingerprint density at radius 1 is 1.33 bits per heavy atom. The van der Waals surface area contributed by atoms with Gasteiger partial charge in [-0.15, -0.1) is 11.3 Å². The zero-order valence-electron chi connectivity index (χ0n) is 10.2. The number of rotatable bonds is 5. The molecule has 1 atom stereocenters. The third kappa shape index (κ3) is 3.99. The second-order valence-electron chi connectivity index (χ2n) is 4.77. The molecular formula is C13H18F3NS. The SMILES string of the molecule is FC(F)(F)CCCCNC1CCCc2sccc21. The number of aryl methyl sites for hydroxylation is 1. The van der Waals surface area contributed by atoms with Crippen molar-refractivity contribution in [1.82, 2.24) is 5.32 Å². The van der Waals surface area contributed by atoms with E-state index in [0.717, 1.165) is 12.8 Å². The maximum atomic E-state index is 12.0. The van der Waals surface area contributed by atoms with Crippen LogP contribution in [0.5, 0.6) is 0 Å². The van der Waals surface area contributed by atoms with E-state index >= 15 is 0 Å². The van der Waals surface area contributed by atoms with E-state index in [2.05, 4.69) is 16.8 Å². The Balaban J connectivity index is 1.69. The second-order valence-corrected chi connectivity index (χ2v) is 5.77. The molecule has 1 nitrogen and oxygen atoms in total. The van der Waals surface area contributed by atoms with Crippen molar-refractivity contribution in [3.8, 4) is 0 Å². The first-order chi connectivity index (χ1) is 8.56. The molecule has 0 saturated heterocycles. The fraction of sp³-hybridized carbons (Fsp3) is 0.692. The first-order valence-electron chi connectivity index (χ1n) is 6.43.